The number of hydrogen-bond acceptors (Lipinski definition) is 3. The molecule has 0 amide bonds. The molecule has 3 rings (SSSR count). The highest BCUT2D eigenvalue weighted by Crippen LogP contribution is 2.47. The number of ether oxygens (including phenoxy) is 1. The van der Waals surface area contributed by atoms with Crippen LogP contribution >= 0.6 is 0 Å². The third-order valence-corrected chi connectivity index (χ3v) is 3.61. The smallest absolute Gasteiger partial charge is 0.132 e. The van der Waals surface area contributed by atoms with Crippen LogP contribution in [0.3, 0.4) is 0 Å². The van der Waals surface area contributed by atoms with E-state index in [1.807, 2.05) is 32.9 Å². The highest BCUT2D eigenvalue weighted by Gasteiger charge is 2.33. The molecule has 3 nitrogen and oxygen atoms in total. The van der Waals surface area contributed by atoms with Crippen LogP contribution in [0, 0.1) is 6.92 Å². The molecule has 0 radical (unpaired) electrons. The topological polar surface area (TPSA) is 49.7 Å². The van der Waals surface area contributed by atoms with Gasteiger partial charge in [-0.1, -0.05) is 0 Å². The molecule has 0 aliphatic carbocycles. The van der Waals surface area contributed by atoms with Crippen LogP contribution in [0.2, 0.25) is 0 Å². The lowest BCUT2D eigenvalue weighted by atomic mass is 9.85. The van der Waals surface area contributed by atoms with E-state index in [0.29, 0.717) is 5.75 Å². The van der Waals surface area contributed by atoms with Crippen LogP contribution in [-0.4, -0.2) is 10.2 Å². The van der Waals surface area contributed by atoms with Gasteiger partial charge >= 0.3 is 0 Å². The normalized spacial score (nSPS) is 15.3. The van der Waals surface area contributed by atoms with Gasteiger partial charge in [0.25, 0.3) is 0 Å². The molecule has 0 saturated carbocycles. The molecule has 1 aliphatic rings. The van der Waals surface area contributed by atoms with E-state index >= 15 is 0 Å². The van der Waals surface area contributed by atoms with E-state index in [0.717, 1.165) is 22.3 Å². The van der Waals surface area contributed by atoms with Gasteiger partial charge in [-0.3, -0.25) is 0 Å². The van der Waals surface area contributed by atoms with Crippen LogP contribution in [0.4, 0.5) is 0 Å². The average molecular weight is 256 g/mol. The van der Waals surface area contributed by atoms with Crippen LogP contribution in [0.5, 0.6) is 17.2 Å². The SMILES string of the molecule is Cc1cc2c(cc1O)C(C)(C)Oc1cc(O)ccc1-2. The zero-order valence-electron chi connectivity index (χ0n) is 11.2. The zero-order chi connectivity index (χ0) is 13.8. The fraction of sp³-hybridized carbons (Fsp3) is 0.250. The Hall–Kier alpha value is -2.16. The molecule has 0 atom stereocenters. The van der Waals surface area contributed by atoms with Gasteiger partial charge < -0.3 is 14.9 Å². The maximum absolute atomic E-state index is 9.90. The number of phenols is 2. The molecule has 0 bridgehead atoms. The van der Waals surface area contributed by atoms with Gasteiger partial charge in [0.15, 0.2) is 0 Å². The Labute approximate surface area is 112 Å². The summed E-state index contributed by atoms with van der Waals surface area (Å²) < 4.78 is 5.95. The summed E-state index contributed by atoms with van der Waals surface area (Å²) in [5, 5.41) is 19.5. The zero-order valence-corrected chi connectivity index (χ0v) is 11.2. The van der Waals surface area contributed by atoms with E-state index in [2.05, 4.69) is 0 Å². The Bertz CT molecular complexity index is 672. The van der Waals surface area contributed by atoms with Crippen molar-refractivity contribution >= 4 is 0 Å². The minimum Gasteiger partial charge on any atom is -0.508 e. The Morgan fingerprint density at radius 1 is 1.00 bits per heavy atom. The molecule has 0 fully saturated rings. The number of benzene rings is 2. The predicted molar refractivity (Wildman–Crippen MR) is 73.6 cm³/mol. The van der Waals surface area contributed by atoms with Gasteiger partial charge in [-0.25, -0.2) is 0 Å². The first kappa shape index (κ1) is 11.9. The van der Waals surface area contributed by atoms with Crippen molar-refractivity contribution in [2.75, 3.05) is 0 Å². The summed E-state index contributed by atoms with van der Waals surface area (Å²) in [5.41, 5.74) is 3.22. The maximum Gasteiger partial charge on any atom is 0.132 e. The minimum atomic E-state index is -0.540. The number of aryl methyl sites for hydroxylation is 1. The van der Waals surface area contributed by atoms with Crippen molar-refractivity contribution in [2.24, 2.45) is 0 Å². The second-order valence-electron chi connectivity index (χ2n) is 5.48. The Balaban J connectivity index is 2.34. The largest absolute Gasteiger partial charge is 0.508 e. The fourth-order valence-corrected chi connectivity index (χ4v) is 2.57. The summed E-state index contributed by atoms with van der Waals surface area (Å²) in [6.07, 6.45) is 0. The lowest BCUT2D eigenvalue weighted by Gasteiger charge is -2.35. The molecule has 2 aromatic rings. The van der Waals surface area contributed by atoms with Crippen LogP contribution in [0.15, 0.2) is 30.3 Å². The molecule has 1 aliphatic heterocycles. The fourth-order valence-electron chi connectivity index (χ4n) is 2.57. The van der Waals surface area contributed by atoms with Crippen molar-refractivity contribution in [2.45, 2.75) is 26.4 Å². The number of aromatic hydroxyl groups is 2. The van der Waals surface area contributed by atoms with Crippen molar-refractivity contribution in [1.29, 1.82) is 0 Å². The number of hydrogen-bond donors (Lipinski definition) is 2. The first-order chi connectivity index (χ1) is 8.88. The lowest BCUT2D eigenvalue weighted by Crippen LogP contribution is -2.29. The molecular formula is C16H16O3. The first-order valence-corrected chi connectivity index (χ1v) is 6.25. The summed E-state index contributed by atoms with van der Waals surface area (Å²) in [5.74, 6) is 1.13. The van der Waals surface area contributed by atoms with Crippen LogP contribution < -0.4 is 4.74 Å². The number of phenolic OH excluding ortho intramolecular Hbond substituents is 2. The lowest BCUT2D eigenvalue weighted by molar-refractivity contribution is 0.105. The van der Waals surface area contributed by atoms with E-state index in [1.54, 1.807) is 18.2 Å². The molecule has 0 spiro atoms. The molecule has 0 unspecified atom stereocenters. The quantitative estimate of drug-likeness (QED) is 0.755. The Morgan fingerprint density at radius 2 is 1.74 bits per heavy atom. The molecule has 2 N–H and O–H groups in total. The highest BCUT2D eigenvalue weighted by atomic mass is 16.5. The summed E-state index contributed by atoms with van der Waals surface area (Å²) in [4.78, 5) is 0. The molecule has 2 aromatic carbocycles. The third kappa shape index (κ3) is 1.73. The third-order valence-electron chi connectivity index (χ3n) is 3.61. The number of rotatable bonds is 0. The van der Waals surface area contributed by atoms with E-state index in [4.69, 9.17) is 4.74 Å². The van der Waals surface area contributed by atoms with E-state index in [-0.39, 0.29) is 11.5 Å². The second kappa shape index (κ2) is 3.67. The molecule has 19 heavy (non-hydrogen) atoms. The monoisotopic (exact) mass is 256 g/mol. The summed E-state index contributed by atoms with van der Waals surface area (Å²) in [6.45, 7) is 5.78. The van der Waals surface area contributed by atoms with Crippen molar-refractivity contribution < 1.29 is 14.9 Å². The Kier molecular flexibility index (Phi) is 2.30. The van der Waals surface area contributed by atoms with Gasteiger partial charge in [0.05, 0.1) is 0 Å². The van der Waals surface area contributed by atoms with Crippen molar-refractivity contribution in [3.8, 4) is 28.4 Å². The Morgan fingerprint density at radius 3 is 2.47 bits per heavy atom. The van der Waals surface area contributed by atoms with Crippen LogP contribution in [-0.2, 0) is 5.60 Å². The van der Waals surface area contributed by atoms with Gasteiger partial charge in [0, 0.05) is 17.2 Å². The first-order valence-electron chi connectivity index (χ1n) is 6.25. The van der Waals surface area contributed by atoms with Gasteiger partial charge in [-0.05, 0) is 56.2 Å². The van der Waals surface area contributed by atoms with Crippen LogP contribution in [0.25, 0.3) is 11.1 Å². The van der Waals surface area contributed by atoms with Gasteiger partial charge in [-0.15, -0.1) is 0 Å². The summed E-state index contributed by atoms with van der Waals surface area (Å²) >= 11 is 0. The molecule has 98 valence electrons. The average Bonchev–Trinajstić information content (AvgIpc) is 2.31. The molecule has 3 heteroatoms. The maximum atomic E-state index is 9.90. The van der Waals surface area contributed by atoms with E-state index in [9.17, 15) is 10.2 Å². The number of fused-ring (bicyclic) bond motifs is 3. The van der Waals surface area contributed by atoms with Crippen LogP contribution in [0.1, 0.15) is 25.0 Å². The molecular weight excluding hydrogens is 240 g/mol. The summed E-state index contributed by atoms with van der Waals surface area (Å²) in [7, 11) is 0. The molecule has 1 heterocycles. The van der Waals surface area contributed by atoms with Gasteiger partial charge in [-0.2, -0.15) is 0 Å². The van der Waals surface area contributed by atoms with Crippen molar-refractivity contribution in [3.05, 3.63) is 41.5 Å². The van der Waals surface area contributed by atoms with E-state index < -0.39 is 5.60 Å². The van der Waals surface area contributed by atoms with Gasteiger partial charge in [0.2, 0.25) is 0 Å². The highest BCUT2D eigenvalue weighted by molar-refractivity contribution is 5.78. The van der Waals surface area contributed by atoms with Crippen molar-refractivity contribution in [3.63, 3.8) is 0 Å². The van der Waals surface area contributed by atoms with E-state index in [1.165, 1.54) is 0 Å². The van der Waals surface area contributed by atoms with Gasteiger partial charge in [0.1, 0.15) is 22.8 Å². The summed E-state index contributed by atoms with van der Waals surface area (Å²) in [6, 6.07) is 8.84. The second-order valence-corrected chi connectivity index (χ2v) is 5.48. The molecule has 0 saturated heterocycles. The standard InChI is InChI=1S/C16H16O3/c1-9-6-12-11-5-4-10(17)7-15(11)19-16(2,3)13(12)8-14(9)18/h4-8,17-18H,1-3H3. The predicted octanol–water partition coefficient (Wildman–Crippen LogP) is 3.70. The molecule has 0 aromatic heterocycles. The van der Waals surface area contributed by atoms with Crippen molar-refractivity contribution in [1.82, 2.24) is 0 Å². The minimum absolute atomic E-state index is 0.188.